The molecule has 0 saturated heterocycles. The van der Waals surface area contributed by atoms with Crippen molar-refractivity contribution < 1.29 is 6.85 Å². The van der Waals surface area contributed by atoms with E-state index in [2.05, 4.69) is 20.8 Å². The van der Waals surface area contributed by atoms with Gasteiger partial charge in [0.25, 0.3) is 0 Å². The molecule has 0 aliphatic heterocycles. The van der Waals surface area contributed by atoms with Crippen LogP contribution < -0.4 is 5.73 Å². The predicted octanol–water partition coefficient (Wildman–Crippen LogP) is 4.23. The van der Waals surface area contributed by atoms with E-state index in [1.807, 2.05) is 6.07 Å². The second-order valence-corrected chi connectivity index (χ2v) is 5.05. The molecule has 0 heterocycles. The van der Waals surface area contributed by atoms with Crippen LogP contribution in [0, 0.1) is 0 Å². The molecule has 0 aliphatic carbocycles. The maximum atomic E-state index is 8.02. The number of nitrogen functional groups attached to an aromatic ring is 1. The summed E-state index contributed by atoms with van der Waals surface area (Å²) in [6, 6.07) is 3.84. The van der Waals surface area contributed by atoms with Gasteiger partial charge in [-0.3, -0.25) is 0 Å². The van der Waals surface area contributed by atoms with Gasteiger partial charge in [-0.1, -0.05) is 63.1 Å². The number of hydrogen-bond acceptors (Lipinski definition) is 1. The highest BCUT2D eigenvalue weighted by molar-refractivity contribution is 5.76. The van der Waals surface area contributed by atoms with Gasteiger partial charge in [0.2, 0.25) is 0 Å². The molecule has 1 nitrogen and oxygen atoms in total. The van der Waals surface area contributed by atoms with Crippen LogP contribution in [0.15, 0.2) is 48.4 Å². The van der Waals surface area contributed by atoms with E-state index in [0.29, 0.717) is 11.3 Å². The summed E-state index contributed by atoms with van der Waals surface area (Å²) in [4.78, 5) is 0. The van der Waals surface area contributed by atoms with E-state index in [9.17, 15) is 0 Å². The largest absolute Gasteiger partial charge is 0.398 e. The lowest BCUT2D eigenvalue weighted by atomic mass is 9.85. The van der Waals surface area contributed by atoms with Crippen LogP contribution in [-0.4, -0.2) is 0 Å². The van der Waals surface area contributed by atoms with Crippen molar-refractivity contribution in [2.24, 2.45) is 0 Å². The van der Waals surface area contributed by atoms with Crippen molar-refractivity contribution >= 4 is 5.69 Å². The summed E-state index contributed by atoms with van der Waals surface area (Å²) < 4.78 is 39.2. The van der Waals surface area contributed by atoms with Gasteiger partial charge < -0.3 is 5.73 Å². The zero-order chi connectivity index (χ0) is 16.8. The number of hydrogen-bond donors (Lipinski definition) is 1. The second kappa shape index (κ2) is 4.25. The minimum absolute atomic E-state index is 0.0769. The van der Waals surface area contributed by atoms with Gasteiger partial charge >= 0.3 is 0 Å². The number of benzene rings is 2. The van der Waals surface area contributed by atoms with Crippen LogP contribution >= 0.6 is 0 Å². The molecule has 0 aromatic heterocycles. The summed E-state index contributed by atoms with van der Waals surface area (Å²) in [5, 5.41) is 0. The van der Waals surface area contributed by atoms with Crippen molar-refractivity contribution in [1.29, 1.82) is 0 Å². The summed E-state index contributed by atoms with van der Waals surface area (Å²) in [5.41, 5.74) is 8.06. The molecular weight excluding hydrogens is 206 g/mol. The highest BCUT2D eigenvalue weighted by atomic mass is 14.6. The maximum Gasteiger partial charge on any atom is 0.0629 e. The quantitative estimate of drug-likeness (QED) is 0.729. The standard InChI is InChI=1S/C16H19N/c1-16(2,3)13-9-10-14(15(17)11-13)12-7-5-4-6-8-12/h4-11H,17H2,1-3H3/i4D,5D,6D,7D,8D. The molecule has 0 spiro atoms. The van der Waals surface area contributed by atoms with Crippen LogP contribution in [-0.2, 0) is 5.41 Å². The van der Waals surface area contributed by atoms with E-state index in [4.69, 9.17) is 12.6 Å². The van der Waals surface area contributed by atoms with Crippen LogP contribution in [0.1, 0.15) is 33.2 Å². The average Bonchev–Trinajstić information content (AvgIpc) is 2.43. The Morgan fingerprint density at radius 2 is 1.71 bits per heavy atom. The Kier molecular flexibility index (Phi) is 1.71. The first-order chi connectivity index (χ1) is 10.1. The van der Waals surface area contributed by atoms with E-state index in [-0.39, 0.29) is 35.1 Å². The van der Waals surface area contributed by atoms with Gasteiger partial charge in [0.1, 0.15) is 0 Å². The first kappa shape index (κ1) is 6.85. The molecule has 0 saturated carbocycles. The van der Waals surface area contributed by atoms with Gasteiger partial charge in [0.05, 0.1) is 6.85 Å². The summed E-state index contributed by atoms with van der Waals surface area (Å²) in [7, 11) is 0. The molecule has 17 heavy (non-hydrogen) atoms. The molecule has 0 atom stereocenters. The Morgan fingerprint density at radius 3 is 2.24 bits per heavy atom. The zero-order valence-electron chi connectivity index (χ0n) is 15.3. The highest BCUT2D eigenvalue weighted by Gasteiger charge is 2.14. The molecule has 0 radical (unpaired) electrons. The minimum atomic E-state index is -0.399. The topological polar surface area (TPSA) is 26.0 Å². The fourth-order valence-corrected chi connectivity index (χ4v) is 1.64. The second-order valence-electron chi connectivity index (χ2n) is 5.05. The molecule has 2 rings (SSSR count). The zero-order valence-corrected chi connectivity index (χ0v) is 10.3. The van der Waals surface area contributed by atoms with Gasteiger partial charge in [0, 0.05) is 11.3 Å². The lowest BCUT2D eigenvalue weighted by Gasteiger charge is -2.20. The molecule has 0 unspecified atom stereocenters. The smallest absolute Gasteiger partial charge is 0.0629 e. The molecule has 0 amide bonds. The number of anilines is 1. The predicted molar refractivity (Wildman–Crippen MR) is 75.0 cm³/mol. The third kappa shape index (κ3) is 2.50. The first-order valence-corrected chi connectivity index (χ1v) is 5.53. The first-order valence-electron chi connectivity index (χ1n) is 8.03. The third-order valence-corrected chi connectivity index (χ3v) is 2.69. The SMILES string of the molecule is [2H]c1c([2H])c([2H])c(-c2ccc(C(C)(C)C)cc2N)c([2H])c1[2H]. The maximum absolute atomic E-state index is 8.02. The van der Waals surface area contributed by atoms with E-state index in [1.165, 1.54) is 0 Å². The van der Waals surface area contributed by atoms with E-state index >= 15 is 0 Å². The lowest BCUT2D eigenvalue weighted by molar-refractivity contribution is 0.590. The van der Waals surface area contributed by atoms with Gasteiger partial charge in [-0.2, -0.15) is 0 Å². The van der Waals surface area contributed by atoms with E-state index in [0.717, 1.165) is 5.56 Å². The molecule has 1 heteroatoms. The van der Waals surface area contributed by atoms with Crippen molar-refractivity contribution in [3.63, 3.8) is 0 Å². The summed E-state index contributed by atoms with van der Waals surface area (Å²) in [6.07, 6.45) is 0. The molecule has 0 fully saturated rings. The van der Waals surface area contributed by atoms with Crippen LogP contribution in [0.5, 0.6) is 0 Å². The summed E-state index contributed by atoms with van der Waals surface area (Å²) in [6.45, 7) is 6.18. The molecule has 0 bridgehead atoms. The Hall–Kier alpha value is -1.76. The van der Waals surface area contributed by atoms with Crippen molar-refractivity contribution in [3.8, 4) is 11.1 Å². The van der Waals surface area contributed by atoms with Crippen LogP contribution in [0.4, 0.5) is 5.69 Å². The number of rotatable bonds is 1. The Labute approximate surface area is 110 Å². The van der Waals surface area contributed by atoms with E-state index in [1.54, 1.807) is 12.1 Å². The highest BCUT2D eigenvalue weighted by Crippen LogP contribution is 2.31. The average molecular weight is 230 g/mol. The van der Waals surface area contributed by atoms with Crippen LogP contribution in [0.25, 0.3) is 11.1 Å². The van der Waals surface area contributed by atoms with Gasteiger partial charge in [-0.15, -0.1) is 0 Å². The monoisotopic (exact) mass is 230 g/mol. The van der Waals surface area contributed by atoms with E-state index < -0.39 is 6.04 Å². The molecule has 2 aromatic carbocycles. The van der Waals surface area contributed by atoms with Gasteiger partial charge in [-0.25, -0.2) is 0 Å². The molecule has 88 valence electrons. The van der Waals surface area contributed by atoms with Crippen LogP contribution in [0.3, 0.4) is 0 Å². The Morgan fingerprint density at radius 1 is 1.06 bits per heavy atom. The van der Waals surface area contributed by atoms with Crippen molar-refractivity contribution in [2.45, 2.75) is 26.2 Å². The van der Waals surface area contributed by atoms with Gasteiger partial charge in [0.15, 0.2) is 0 Å². The third-order valence-electron chi connectivity index (χ3n) is 2.69. The molecule has 2 aromatic rings. The minimum Gasteiger partial charge on any atom is -0.398 e. The van der Waals surface area contributed by atoms with Crippen LogP contribution in [0.2, 0.25) is 0 Å². The molecular formula is C16H19N. The normalized spacial score (nSPS) is 15.6. The fourth-order valence-electron chi connectivity index (χ4n) is 1.64. The summed E-state index contributed by atoms with van der Waals surface area (Å²) in [5.74, 6) is 0. The van der Waals surface area contributed by atoms with Crippen molar-refractivity contribution in [3.05, 3.63) is 54.0 Å². The van der Waals surface area contributed by atoms with Crippen molar-refractivity contribution in [2.75, 3.05) is 5.73 Å². The fraction of sp³-hybridized carbons (Fsp3) is 0.250. The molecule has 2 N–H and O–H groups in total. The van der Waals surface area contributed by atoms with Crippen molar-refractivity contribution in [1.82, 2.24) is 0 Å². The Bertz CT molecular complexity index is 718. The van der Waals surface area contributed by atoms with Gasteiger partial charge in [-0.05, 0) is 22.6 Å². The Balaban J connectivity index is 2.74. The summed E-state index contributed by atoms with van der Waals surface area (Å²) >= 11 is 0. The molecule has 0 aliphatic rings. The lowest BCUT2D eigenvalue weighted by Crippen LogP contribution is -2.11. The number of nitrogens with two attached hydrogens (primary N) is 1.